The molecule has 0 aromatic carbocycles. The fourth-order valence-corrected chi connectivity index (χ4v) is 2.52. The van der Waals surface area contributed by atoms with Gasteiger partial charge in [-0.25, -0.2) is 0 Å². The number of nitrogens with two attached hydrogens (primary N) is 1. The van der Waals surface area contributed by atoms with E-state index in [9.17, 15) is 0 Å². The standard InChI is InChI=1S/C12H24N2O.ClH/c1-14(7-9-15-8-6-13)12(10-2-3-10)11-4-5-11;/h10-12H,2-9,13H2,1H3;1H. The number of rotatable bonds is 8. The van der Waals surface area contributed by atoms with Crippen molar-refractivity contribution in [1.82, 2.24) is 4.90 Å². The zero-order valence-electron chi connectivity index (χ0n) is 10.2. The third kappa shape index (κ3) is 4.21. The second-order valence-electron chi connectivity index (χ2n) is 5.05. The molecule has 0 unspecified atom stereocenters. The van der Waals surface area contributed by atoms with Gasteiger partial charge in [-0.05, 0) is 44.6 Å². The van der Waals surface area contributed by atoms with Crippen LogP contribution in [0.25, 0.3) is 0 Å². The minimum Gasteiger partial charge on any atom is -0.379 e. The van der Waals surface area contributed by atoms with E-state index in [1.807, 2.05) is 0 Å². The predicted molar refractivity (Wildman–Crippen MR) is 69.0 cm³/mol. The number of hydrogen-bond donors (Lipinski definition) is 1. The van der Waals surface area contributed by atoms with Crippen LogP contribution in [0.4, 0.5) is 0 Å². The highest BCUT2D eigenvalue weighted by atomic mass is 35.5. The van der Waals surface area contributed by atoms with E-state index in [1.54, 1.807) is 0 Å². The van der Waals surface area contributed by atoms with Crippen LogP contribution in [0.3, 0.4) is 0 Å². The van der Waals surface area contributed by atoms with Crippen LogP contribution < -0.4 is 5.73 Å². The van der Waals surface area contributed by atoms with E-state index >= 15 is 0 Å². The molecule has 2 aliphatic carbocycles. The third-order valence-electron chi connectivity index (χ3n) is 3.57. The molecule has 4 heteroatoms. The van der Waals surface area contributed by atoms with Crippen molar-refractivity contribution in [1.29, 1.82) is 0 Å². The maximum absolute atomic E-state index is 5.44. The van der Waals surface area contributed by atoms with E-state index in [0.29, 0.717) is 13.2 Å². The van der Waals surface area contributed by atoms with Crippen molar-refractivity contribution in [2.24, 2.45) is 17.6 Å². The normalized spacial score (nSPS) is 20.2. The predicted octanol–water partition coefficient (Wildman–Crippen LogP) is 1.50. The van der Waals surface area contributed by atoms with E-state index in [0.717, 1.165) is 31.0 Å². The molecule has 2 rings (SSSR count). The average molecular weight is 249 g/mol. The van der Waals surface area contributed by atoms with E-state index in [1.165, 1.54) is 25.7 Å². The quantitative estimate of drug-likeness (QED) is 0.662. The van der Waals surface area contributed by atoms with Crippen molar-refractivity contribution in [3.8, 4) is 0 Å². The van der Waals surface area contributed by atoms with Crippen molar-refractivity contribution in [3.63, 3.8) is 0 Å². The fraction of sp³-hybridized carbons (Fsp3) is 1.00. The van der Waals surface area contributed by atoms with Gasteiger partial charge in [0.1, 0.15) is 0 Å². The first-order valence-corrected chi connectivity index (χ1v) is 6.31. The van der Waals surface area contributed by atoms with Crippen molar-refractivity contribution in [2.45, 2.75) is 31.7 Å². The molecule has 0 atom stereocenters. The van der Waals surface area contributed by atoms with E-state index in [2.05, 4.69) is 11.9 Å². The Labute approximate surface area is 105 Å². The smallest absolute Gasteiger partial charge is 0.0594 e. The van der Waals surface area contributed by atoms with Gasteiger partial charge in [-0.15, -0.1) is 12.4 Å². The van der Waals surface area contributed by atoms with Crippen molar-refractivity contribution >= 4 is 12.4 Å². The minimum atomic E-state index is 0. The SMILES string of the molecule is CN(CCOCCN)C(C1CC1)C1CC1.Cl. The topological polar surface area (TPSA) is 38.5 Å². The lowest BCUT2D eigenvalue weighted by atomic mass is 10.1. The Hall–Kier alpha value is 0.170. The number of likely N-dealkylation sites (N-methyl/N-ethyl adjacent to an activating group) is 1. The molecule has 0 amide bonds. The van der Waals surface area contributed by atoms with E-state index < -0.39 is 0 Å². The molecule has 0 aromatic rings. The van der Waals surface area contributed by atoms with Crippen LogP contribution in [-0.2, 0) is 4.74 Å². The summed E-state index contributed by atoms with van der Waals surface area (Å²) in [6, 6.07) is 0.853. The Balaban J connectivity index is 0.00000128. The molecule has 0 spiro atoms. The fourth-order valence-electron chi connectivity index (χ4n) is 2.52. The molecule has 96 valence electrons. The molecule has 2 N–H and O–H groups in total. The average Bonchev–Trinajstić information content (AvgIpc) is 3.05. The van der Waals surface area contributed by atoms with Gasteiger partial charge < -0.3 is 15.4 Å². The highest BCUT2D eigenvalue weighted by Crippen LogP contribution is 2.46. The van der Waals surface area contributed by atoms with Gasteiger partial charge in [-0.2, -0.15) is 0 Å². The second-order valence-corrected chi connectivity index (χ2v) is 5.05. The molecule has 16 heavy (non-hydrogen) atoms. The first kappa shape index (κ1) is 14.2. The molecule has 2 aliphatic rings. The molecule has 0 bridgehead atoms. The molecule has 0 aliphatic heterocycles. The van der Waals surface area contributed by atoms with Gasteiger partial charge in [0.05, 0.1) is 13.2 Å². The van der Waals surface area contributed by atoms with Gasteiger partial charge in [0.2, 0.25) is 0 Å². The number of hydrogen-bond acceptors (Lipinski definition) is 3. The Bertz CT molecular complexity index is 183. The minimum absolute atomic E-state index is 0. The molecule has 0 radical (unpaired) electrons. The first-order chi connectivity index (χ1) is 7.33. The summed E-state index contributed by atoms with van der Waals surface area (Å²) in [6.07, 6.45) is 5.81. The lowest BCUT2D eigenvalue weighted by molar-refractivity contribution is 0.0932. The van der Waals surface area contributed by atoms with E-state index in [4.69, 9.17) is 10.5 Å². The van der Waals surface area contributed by atoms with Crippen molar-refractivity contribution in [2.75, 3.05) is 33.4 Å². The van der Waals surface area contributed by atoms with Crippen LogP contribution in [0, 0.1) is 11.8 Å². The van der Waals surface area contributed by atoms with Crippen LogP contribution in [0.2, 0.25) is 0 Å². The second kappa shape index (κ2) is 6.80. The lowest BCUT2D eigenvalue weighted by Gasteiger charge is -2.28. The molecule has 0 aromatic heterocycles. The summed E-state index contributed by atoms with van der Waals surface area (Å²) < 4.78 is 5.44. The number of halogens is 1. The monoisotopic (exact) mass is 248 g/mol. The Kier molecular flexibility index (Phi) is 6.05. The molecule has 3 nitrogen and oxygen atoms in total. The molecule has 2 saturated carbocycles. The van der Waals surface area contributed by atoms with Crippen LogP contribution in [0.1, 0.15) is 25.7 Å². The van der Waals surface area contributed by atoms with Crippen LogP contribution in [0.15, 0.2) is 0 Å². The van der Waals surface area contributed by atoms with Crippen molar-refractivity contribution in [3.05, 3.63) is 0 Å². The van der Waals surface area contributed by atoms with E-state index in [-0.39, 0.29) is 12.4 Å². The largest absolute Gasteiger partial charge is 0.379 e. The summed E-state index contributed by atoms with van der Waals surface area (Å²) in [6.45, 7) is 3.24. The van der Waals surface area contributed by atoms with Crippen LogP contribution in [-0.4, -0.2) is 44.3 Å². The lowest BCUT2D eigenvalue weighted by Crippen LogP contribution is -2.37. The highest BCUT2D eigenvalue weighted by molar-refractivity contribution is 5.85. The Morgan fingerprint density at radius 3 is 2.19 bits per heavy atom. The first-order valence-electron chi connectivity index (χ1n) is 6.31. The molecular weight excluding hydrogens is 224 g/mol. The summed E-state index contributed by atoms with van der Waals surface area (Å²) in [5.41, 5.74) is 5.38. The number of nitrogens with zero attached hydrogens (tertiary/aromatic N) is 1. The van der Waals surface area contributed by atoms with Gasteiger partial charge in [0.25, 0.3) is 0 Å². The zero-order valence-corrected chi connectivity index (χ0v) is 11.0. The molecule has 0 saturated heterocycles. The van der Waals surface area contributed by atoms with Gasteiger partial charge in [0, 0.05) is 19.1 Å². The summed E-state index contributed by atoms with van der Waals surface area (Å²) in [7, 11) is 2.26. The summed E-state index contributed by atoms with van der Waals surface area (Å²) in [5, 5.41) is 0. The summed E-state index contributed by atoms with van der Waals surface area (Å²) >= 11 is 0. The molecule has 2 fully saturated rings. The van der Waals surface area contributed by atoms with Gasteiger partial charge >= 0.3 is 0 Å². The van der Waals surface area contributed by atoms with Gasteiger partial charge in [-0.3, -0.25) is 0 Å². The van der Waals surface area contributed by atoms with Crippen LogP contribution >= 0.6 is 12.4 Å². The molecule has 0 heterocycles. The summed E-state index contributed by atoms with van der Waals surface area (Å²) in [5.74, 6) is 1.99. The molecular formula is C12H25ClN2O. The third-order valence-corrected chi connectivity index (χ3v) is 3.57. The summed E-state index contributed by atoms with van der Waals surface area (Å²) in [4.78, 5) is 2.52. The van der Waals surface area contributed by atoms with Crippen molar-refractivity contribution < 1.29 is 4.74 Å². The van der Waals surface area contributed by atoms with Gasteiger partial charge in [-0.1, -0.05) is 0 Å². The van der Waals surface area contributed by atoms with Crippen LogP contribution in [0.5, 0.6) is 0 Å². The highest BCUT2D eigenvalue weighted by Gasteiger charge is 2.43. The maximum atomic E-state index is 5.44. The Morgan fingerprint density at radius 2 is 1.75 bits per heavy atom. The number of ether oxygens (including phenoxy) is 1. The maximum Gasteiger partial charge on any atom is 0.0594 e. The van der Waals surface area contributed by atoms with Gasteiger partial charge in [0.15, 0.2) is 0 Å². The Morgan fingerprint density at radius 1 is 1.19 bits per heavy atom. The zero-order chi connectivity index (χ0) is 10.7.